The summed E-state index contributed by atoms with van der Waals surface area (Å²) >= 11 is 3.41. The first-order valence-electron chi connectivity index (χ1n) is 3.00. The summed E-state index contributed by atoms with van der Waals surface area (Å²) in [6.07, 6.45) is 5.16. The first-order valence-corrected chi connectivity index (χ1v) is 3.79. The fourth-order valence-electron chi connectivity index (χ4n) is 0.798. The summed E-state index contributed by atoms with van der Waals surface area (Å²) < 4.78 is 1.14. The molecule has 0 bridgehead atoms. The Morgan fingerprint density at radius 2 is 2.44 bits per heavy atom. The van der Waals surface area contributed by atoms with Crippen LogP contribution in [0.1, 0.15) is 13.3 Å². The summed E-state index contributed by atoms with van der Waals surface area (Å²) in [5.41, 5.74) is 6.93. The molecule has 9 heavy (non-hydrogen) atoms. The fourth-order valence-corrected chi connectivity index (χ4v) is 1.30. The third-order valence-corrected chi connectivity index (χ3v) is 2.32. The third-order valence-electron chi connectivity index (χ3n) is 1.43. The molecule has 0 saturated heterocycles. The van der Waals surface area contributed by atoms with Gasteiger partial charge in [0, 0.05) is 10.5 Å². The van der Waals surface area contributed by atoms with Crippen LogP contribution in [0.15, 0.2) is 22.2 Å². The van der Waals surface area contributed by atoms with Gasteiger partial charge >= 0.3 is 0 Å². The van der Waals surface area contributed by atoms with Crippen LogP contribution in [0.3, 0.4) is 0 Å². The van der Waals surface area contributed by atoms with E-state index in [0.717, 1.165) is 10.9 Å². The lowest BCUT2D eigenvalue weighted by Crippen LogP contribution is -2.18. The van der Waals surface area contributed by atoms with E-state index < -0.39 is 0 Å². The second-order valence-electron chi connectivity index (χ2n) is 2.30. The molecule has 1 rings (SSSR count). The van der Waals surface area contributed by atoms with Crippen LogP contribution in [-0.4, -0.2) is 6.04 Å². The van der Waals surface area contributed by atoms with Gasteiger partial charge in [-0.3, -0.25) is 0 Å². The molecule has 0 spiro atoms. The largest absolute Gasteiger partial charge is 0.324 e. The summed E-state index contributed by atoms with van der Waals surface area (Å²) in [5, 5.41) is 0. The highest BCUT2D eigenvalue weighted by Crippen LogP contribution is 2.22. The Morgan fingerprint density at radius 3 is 2.89 bits per heavy atom. The van der Waals surface area contributed by atoms with Crippen molar-refractivity contribution in [2.75, 3.05) is 0 Å². The van der Waals surface area contributed by atoms with E-state index in [1.807, 2.05) is 6.08 Å². The Kier molecular flexibility index (Phi) is 2.09. The topological polar surface area (TPSA) is 26.0 Å². The predicted molar refractivity (Wildman–Crippen MR) is 43.4 cm³/mol. The average molecular weight is 188 g/mol. The molecule has 0 aromatic rings. The van der Waals surface area contributed by atoms with E-state index in [1.54, 1.807) is 0 Å². The van der Waals surface area contributed by atoms with Crippen molar-refractivity contribution in [3.05, 3.63) is 22.2 Å². The van der Waals surface area contributed by atoms with E-state index in [4.69, 9.17) is 5.73 Å². The third kappa shape index (κ3) is 1.66. The van der Waals surface area contributed by atoms with Crippen LogP contribution >= 0.6 is 15.9 Å². The van der Waals surface area contributed by atoms with Gasteiger partial charge in [0.05, 0.1) is 0 Å². The highest BCUT2D eigenvalue weighted by atomic mass is 79.9. The highest BCUT2D eigenvalue weighted by molar-refractivity contribution is 9.12. The zero-order valence-corrected chi connectivity index (χ0v) is 6.98. The van der Waals surface area contributed by atoms with Gasteiger partial charge in [-0.05, 0) is 18.9 Å². The molecule has 0 unspecified atom stereocenters. The van der Waals surface area contributed by atoms with Crippen LogP contribution in [0, 0.1) is 0 Å². The summed E-state index contributed by atoms with van der Waals surface area (Å²) in [5.74, 6) is 0. The van der Waals surface area contributed by atoms with E-state index >= 15 is 0 Å². The van der Waals surface area contributed by atoms with Crippen LogP contribution in [0.2, 0.25) is 0 Å². The molecule has 50 valence electrons. The second-order valence-corrected chi connectivity index (χ2v) is 3.16. The molecular formula is C7H10BrN. The molecule has 0 radical (unpaired) electrons. The maximum atomic E-state index is 5.64. The Morgan fingerprint density at radius 1 is 1.78 bits per heavy atom. The van der Waals surface area contributed by atoms with Crippen LogP contribution in [0.25, 0.3) is 0 Å². The van der Waals surface area contributed by atoms with Gasteiger partial charge in [0.1, 0.15) is 0 Å². The van der Waals surface area contributed by atoms with Crippen molar-refractivity contribution in [2.24, 2.45) is 5.73 Å². The van der Waals surface area contributed by atoms with Crippen LogP contribution in [0.4, 0.5) is 0 Å². The lowest BCUT2D eigenvalue weighted by Gasteiger charge is -2.11. The first kappa shape index (κ1) is 7.03. The molecule has 1 atom stereocenters. The fraction of sp³-hybridized carbons (Fsp3) is 0.429. The van der Waals surface area contributed by atoms with E-state index in [0.29, 0.717) is 0 Å². The summed E-state index contributed by atoms with van der Waals surface area (Å²) in [6.45, 7) is 2.08. The van der Waals surface area contributed by atoms with Crippen LogP contribution < -0.4 is 5.73 Å². The van der Waals surface area contributed by atoms with Gasteiger partial charge in [-0.1, -0.05) is 28.1 Å². The van der Waals surface area contributed by atoms with Gasteiger partial charge in [-0.15, -0.1) is 0 Å². The molecule has 0 heterocycles. The zero-order valence-electron chi connectivity index (χ0n) is 5.39. The molecule has 2 heteroatoms. The van der Waals surface area contributed by atoms with Crippen molar-refractivity contribution >= 4 is 15.9 Å². The smallest absolute Gasteiger partial charge is 0.0273 e. The van der Waals surface area contributed by atoms with Crippen molar-refractivity contribution in [2.45, 2.75) is 19.4 Å². The quantitative estimate of drug-likeness (QED) is 0.617. The molecular weight excluding hydrogens is 178 g/mol. The molecule has 1 nitrogen and oxygen atoms in total. The Bertz CT molecular complexity index is 170. The van der Waals surface area contributed by atoms with Crippen molar-refractivity contribution in [1.29, 1.82) is 0 Å². The van der Waals surface area contributed by atoms with Gasteiger partial charge in [0.15, 0.2) is 0 Å². The Labute approximate surface area is 63.8 Å². The predicted octanol–water partition coefficient (Wildman–Crippen LogP) is 1.94. The van der Waals surface area contributed by atoms with Gasteiger partial charge in [-0.25, -0.2) is 0 Å². The molecule has 0 aliphatic heterocycles. The number of allylic oxidation sites excluding steroid dienone is 2. The molecule has 0 amide bonds. The van der Waals surface area contributed by atoms with Crippen LogP contribution in [-0.2, 0) is 0 Å². The lowest BCUT2D eigenvalue weighted by atomic mass is 10.1. The summed E-state index contributed by atoms with van der Waals surface area (Å²) in [6, 6.07) is 0.211. The molecule has 0 saturated carbocycles. The van der Waals surface area contributed by atoms with Gasteiger partial charge < -0.3 is 5.73 Å². The Hall–Kier alpha value is -0.0800. The SMILES string of the molecule is CC1=CC[C@@H](N)C=C1Br. The van der Waals surface area contributed by atoms with Gasteiger partial charge in [0.25, 0.3) is 0 Å². The second kappa shape index (κ2) is 2.67. The van der Waals surface area contributed by atoms with E-state index in [1.165, 1.54) is 5.57 Å². The molecule has 1 aliphatic carbocycles. The number of hydrogen-bond donors (Lipinski definition) is 1. The molecule has 0 aromatic heterocycles. The minimum atomic E-state index is 0.211. The van der Waals surface area contributed by atoms with Crippen LogP contribution in [0.5, 0.6) is 0 Å². The highest BCUT2D eigenvalue weighted by Gasteiger charge is 2.05. The number of rotatable bonds is 0. The number of halogens is 1. The average Bonchev–Trinajstić information content (AvgIpc) is 1.80. The lowest BCUT2D eigenvalue weighted by molar-refractivity contribution is 0.816. The standard InChI is InChI=1S/C7H10BrN/c1-5-2-3-6(9)4-7(5)8/h2,4,6H,3,9H2,1H3/t6-/m1/s1. The van der Waals surface area contributed by atoms with E-state index in [9.17, 15) is 0 Å². The van der Waals surface area contributed by atoms with E-state index in [-0.39, 0.29) is 6.04 Å². The van der Waals surface area contributed by atoms with Gasteiger partial charge in [-0.2, -0.15) is 0 Å². The van der Waals surface area contributed by atoms with Crippen molar-refractivity contribution in [1.82, 2.24) is 0 Å². The van der Waals surface area contributed by atoms with Crippen molar-refractivity contribution in [3.8, 4) is 0 Å². The normalized spacial score (nSPS) is 27.2. The zero-order chi connectivity index (χ0) is 6.85. The van der Waals surface area contributed by atoms with Crippen molar-refractivity contribution in [3.63, 3.8) is 0 Å². The Balaban J connectivity index is 2.75. The van der Waals surface area contributed by atoms with Crippen molar-refractivity contribution < 1.29 is 0 Å². The maximum absolute atomic E-state index is 5.64. The first-order chi connectivity index (χ1) is 4.20. The molecule has 1 aliphatic rings. The van der Waals surface area contributed by atoms with Gasteiger partial charge in [0.2, 0.25) is 0 Å². The molecule has 0 fully saturated rings. The minimum absolute atomic E-state index is 0.211. The summed E-state index contributed by atoms with van der Waals surface area (Å²) in [7, 11) is 0. The maximum Gasteiger partial charge on any atom is 0.0273 e. The minimum Gasteiger partial charge on any atom is -0.324 e. The van der Waals surface area contributed by atoms with E-state index in [2.05, 4.69) is 28.9 Å². The number of nitrogens with two attached hydrogens (primary N) is 1. The molecule has 0 aromatic carbocycles. The molecule has 2 N–H and O–H groups in total. The number of hydrogen-bond acceptors (Lipinski definition) is 1. The summed E-state index contributed by atoms with van der Waals surface area (Å²) in [4.78, 5) is 0. The monoisotopic (exact) mass is 187 g/mol.